The van der Waals surface area contributed by atoms with E-state index < -0.39 is 0 Å². The quantitative estimate of drug-likeness (QED) is 0.871. The van der Waals surface area contributed by atoms with Gasteiger partial charge in [-0.05, 0) is 48.4 Å². The van der Waals surface area contributed by atoms with Crippen LogP contribution in [0.15, 0.2) is 36.5 Å². The third-order valence-electron chi connectivity index (χ3n) is 2.58. The first-order valence-electron chi connectivity index (χ1n) is 5.53. The molecule has 1 N–H and O–H groups in total. The molecule has 0 aliphatic rings. The molecule has 0 saturated carbocycles. The summed E-state index contributed by atoms with van der Waals surface area (Å²) in [4.78, 5) is 4.18. The van der Waals surface area contributed by atoms with Crippen molar-refractivity contribution in [1.82, 2.24) is 4.98 Å². The van der Waals surface area contributed by atoms with Gasteiger partial charge in [0.2, 0.25) is 0 Å². The predicted octanol–water partition coefficient (Wildman–Crippen LogP) is 3.14. The van der Waals surface area contributed by atoms with Crippen molar-refractivity contribution in [2.24, 2.45) is 0 Å². The molecule has 0 saturated heterocycles. The van der Waals surface area contributed by atoms with E-state index in [-0.39, 0.29) is 11.3 Å². The van der Waals surface area contributed by atoms with Crippen molar-refractivity contribution in [2.45, 2.75) is 6.92 Å². The van der Waals surface area contributed by atoms with E-state index in [1.807, 2.05) is 42.5 Å². The molecule has 0 radical (unpaired) electrons. The average Bonchev–Trinajstić information content (AvgIpc) is 2.41. The maximum Gasteiger partial charge on any atom is 0.136 e. The van der Waals surface area contributed by atoms with E-state index in [2.05, 4.69) is 4.98 Å². The lowest BCUT2D eigenvalue weighted by Gasteiger charge is -2.02. The summed E-state index contributed by atoms with van der Waals surface area (Å²) in [6, 6.07) is 11.1. The Hall–Kier alpha value is -2.60. The number of aryl methyl sites for hydroxylation is 1. The zero-order chi connectivity index (χ0) is 13.0. The van der Waals surface area contributed by atoms with Gasteiger partial charge in [0.15, 0.2) is 0 Å². The van der Waals surface area contributed by atoms with Crippen LogP contribution in [0.5, 0.6) is 5.75 Å². The van der Waals surface area contributed by atoms with Crippen LogP contribution in [0.25, 0.3) is 12.2 Å². The molecule has 0 bridgehead atoms. The van der Waals surface area contributed by atoms with Gasteiger partial charge in [0.1, 0.15) is 11.8 Å². The summed E-state index contributed by atoms with van der Waals surface area (Å²) in [6.45, 7) is 1.77. The van der Waals surface area contributed by atoms with Crippen molar-refractivity contribution < 1.29 is 5.11 Å². The predicted molar refractivity (Wildman–Crippen MR) is 70.7 cm³/mol. The highest BCUT2D eigenvalue weighted by atomic mass is 16.3. The molecule has 88 valence electrons. The molecular weight excluding hydrogens is 224 g/mol. The molecule has 1 aromatic carbocycles. The fourth-order valence-electron chi connectivity index (χ4n) is 1.65. The first-order valence-corrected chi connectivity index (χ1v) is 5.53. The second-order valence-corrected chi connectivity index (χ2v) is 3.93. The molecule has 0 unspecified atom stereocenters. The molecule has 2 aromatic rings. The van der Waals surface area contributed by atoms with Crippen LogP contribution in [0.3, 0.4) is 0 Å². The molecule has 2 rings (SSSR count). The van der Waals surface area contributed by atoms with Gasteiger partial charge in [0.05, 0.1) is 11.3 Å². The summed E-state index contributed by atoms with van der Waals surface area (Å²) in [7, 11) is 0. The number of nitriles is 1. The van der Waals surface area contributed by atoms with Crippen molar-refractivity contribution in [3.05, 3.63) is 58.9 Å². The number of aromatic hydroxyl groups is 1. The third kappa shape index (κ3) is 2.55. The molecule has 0 fully saturated rings. The molecule has 1 aromatic heterocycles. The van der Waals surface area contributed by atoms with Gasteiger partial charge in [-0.25, -0.2) is 0 Å². The number of hydrogen-bond acceptors (Lipinski definition) is 3. The van der Waals surface area contributed by atoms with Crippen LogP contribution in [0.1, 0.15) is 22.4 Å². The Morgan fingerprint density at radius 3 is 2.78 bits per heavy atom. The molecule has 0 amide bonds. The molecule has 3 nitrogen and oxygen atoms in total. The van der Waals surface area contributed by atoms with E-state index in [0.29, 0.717) is 5.56 Å². The van der Waals surface area contributed by atoms with E-state index >= 15 is 0 Å². The van der Waals surface area contributed by atoms with Crippen LogP contribution in [0, 0.1) is 18.3 Å². The minimum Gasteiger partial charge on any atom is -0.506 e. The Labute approximate surface area is 106 Å². The molecule has 0 aliphatic heterocycles. The van der Waals surface area contributed by atoms with Crippen LogP contribution in [0.2, 0.25) is 0 Å². The van der Waals surface area contributed by atoms with Crippen molar-refractivity contribution in [1.29, 1.82) is 5.26 Å². The van der Waals surface area contributed by atoms with E-state index in [0.717, 1.165) is 11.3 Å². The number of phenolic OH excluding ortho intramolecular Hbond substituents is 1. The molecule has 1 heterocycles. The van der Waals surface area contributed by atoms with Gasteiger partial charge in [0.25, 0.3) is 0 Å². The molecule has 0 spiro atoms. The standard InChI is InChI=1S/C15H12N2O/c1-11-8-12(9-13(10-16)15(11)18)5-6-14-4-2-3-7-17-14/h2-9,18H,1H3/b6-5+. The Bertz CT molecular complexity index is 625. The highest BCUT2D eigenvalue weighted by Gasteiger charge is 2.04. The van der Waals surface area contributed by atoms with Gasteiger partial charge in [-0.2, -0.15) is 5.26 Å². The monoisotopic (exact) mass is 236 g/mol. The Morgan fingerprint density at radius 2 is 2.11 bits per heavy atom. The molecule has 3 heteroatoms. The topological polar surface area (TPSA) is 56.9 Å². The van der Waals surface area contributed by atoms with Crippen LogP contribution in [-0.2, 0) is 0 Å². The fourth-order valence-corrected chi connectivity index (χ4v) is 1.65. The molecular formula is C15H12N2O. The maximum absolute atomic E-state index is 9.65. The lowest BCUT2D eigenvalue weighted by atomic mass is 10.0. The SMILES string of the molecule is Cc1cc(/C=C/c2ccccn2)cc(C#N)c1O. The summed E-state index contributed by atoms with van der Waals surface area (Å²) in [6.07, 6.45) is 5.46. The highest BCUT2D eigenvalue weighted by Crippen LogP contribution is 2.24. The van der Waals surface area contributed by atoms with E-state index in [9.17, 15) is 5.11 Å². The number of pyridine rings is 1. The number of nitrogens with zero attached hydrogens (tertiary/aromatic N) is 2. The first-order chi connectivity index (χ1) is 8.70. The van der Waals surface area contributed by atoms with Gasteiger partial charge in [-0.3, -0.25) is 4.98 Å². The van der Waals surface area contributed by atoms with Gasteiger partial charge in [-0.1, -0.05) is 12.1 Å². The number of phenols is 1. The number of benzene rings is 1. The number of rotatable bonds is 2. The van der Waals surface area contributed by atoms with Crippen LogP contribution in [-0.4, -0.2) is 10.1 Å². The van der Waals surface area contributed by atoms with E-state index in [4.69, 9.17) is 5.26 Å². The number of aromatic nitrogens is 1. The van der Waals surface area contributed by atoms with Crippen molar-refractivity contribution >= 4 is 12.2 Å². The van der Waals surface area contributed by atoms with E-state index in [1.54, 1.807) is 19.2 Å². The molecule has 18 heavy (non-hydrogen) atoms. The summed E-state index contributed by atoms with van der Waals surface area (Å²) in [5.41, 5.74) is 2.69. The number of hydrogen-bond donors (Lipinski definition) is 1. The smallest absolute Gasteiger partial charge is 0.136 e. The maximum atomic E-state index is 9.65. The summed E-state index contributed by atoms with van der Waals surface area (Å²) < 4.78 is 0. The fraction of sp³-hybridized carbons (Fsp3) is 0.0667. The van der Waals surface area contributed by atoms with Gasteiger partial charge in [-0.15, -0.1) is 0 Å². The van der Waals surface area contributed by atoms with Crippen molar-refractivity contribution in [3.63, 3.8) is 0 Å². The molecule has 0 aliphatic carbocycles. The highest BCUT2D eigenvalue weighted by molar-refractivity contribution is 5.70. The van der Waals surface area contributed by atoms with Crippen molar-refractivity contribution in [3.8, 4) is 11.8 Å². The Balaban J connectivity index is 2.34. The minimum atomic E-state index is 0.0486. The van der Waals surface area contributed by atoms with Gasteiger partial charge < -0.3 is 5.11 Å². The zero-order valence-corrected chi connectivity index (χ0v) is 9.96. The van der Waals surface area contributed by atoms with Crippen LogP contribution >= 0.6 is 0 Å². The summed E-state index contributed by atoms with van der Waals surface area (Å²) in [5.74, 6) is 0.0486. The minimum absolute atomic E-state index is 0.0486. The zero-order valence-electron chi connectivity index (χ0n) is 9.96. The average molecular weight is 236 g/mol. The third-order valence-corrected chi connectivity index (χ3v) is 2.58. The first kappa shape index (κ1) is 11.9. The van der Waals surface area contributed by atoms with Crippen LogP contribution < -0.4 is 0 Å². The second-order valence-electron chi connectivity index (χ2n) is 3.93. The van der Waals surface area contributed by atoms with Gasteiger partial charge in [0, 0.05) is 6.20 Å². The normalized spacial score (nSPS) is 10.4. The van der Waals surface area contributed by atoms with Crippen LogP contribution in [0.4, 0.5) is 0 Å². The lowest BCUT2D eigenvalue weighted by molar-refractivity contribution is 0.469. The Kier molecular flexibility index (Phi) is 3.40. The Morgan fingerprint density at radius 1 is 1.28 bits per heavy atom. The van der Waals surface area contributed by atoms with E-state index in [1.165, 1.54) is 0 Å². The molecule has 0 atom stereocenters. The summed E-state index contributed by atoms with van der Waals surface area (Å²) >= 11 is 0. The second kappa shape index (κ2) is 5.15. The van der Waals surface area contributed by atoms with Gasteiger partial charge >= 0.3 is 0 Å². The largest absolute Gasteiger partial charge is 0.506 e. The lowest BCUT2D eigenvalue weighted by Crippen LogP contribution is -1.84. The summed E-state index contributed by atoms with van der Waals surface area (Å²) in [5, 5.41) is 18.6. The van der Waals surface area contributed by atoms with Crippen molar-refractivity contribution in [2.75, 3.05) is 0 Å².